The van der Waals surface area contributed by atoms with E-state index in [2.05, 4.69) is 27.7 Å². The van der Waals surface area contributed by atoms with Crippen molar-refractivity contribution in [1.29, 1.82) is 0 Å². The summed E-state index contributed by atoms with van der Waals surface area (Å²) in [5.41, 5.74) is 2.91. The number of hydrogen-bond donors (Lipinski definition) is 0. The summed E-state index contributed by atoms with van der Waals surface area (Å²) in [7, 11) is 0. The van der Waals surface area contributed by atoms with E-state index in [0.29, 0.717) is 12.0 Å². The van der Waals surface area contributed by atoms with Gasteiger partial charge in [-0.3, -0.25) is 4.79 Å². The van der Waals surface area contributed by atoms with E-state index in [0.717, 1.165) is 31.2 Å². The Kier molecular flexibility index (Phi) is 4.57. The van der Waals surface area contributed by atoms with Crippen molar-refractivity contribution in [3.05, 3.63) is 34.9 Å². The predicted molar refractivity (Wildman–Crippen MR) is 86.9 cm³/mol. The van der Waals surface area contributed by atoms with Crippen molar-refractivity contribution >= 4 is 5.78 Å². The molecule has 1 aromatic carbocycles. The van der Waals surface area contributed by atoms with Crippen molar-refractivity contribution in [2.75, 3.05) is 6.61 Å². The summed E-state index contributed by atoms with van der Waals surface area (Å²) in [5.74, 6) is 0.169. The normalized spacial score (nSPS) is 20.2. The molecule has 0 unspecified atom stereocenters. The van der Waals surface area contributed by atoms with Crippen LogP contribution in [0.1, 0.15) is 67.9 Å². The second-order valence-corrected chi connectivity index (χ2v) is 7.22. The van der Waals surface area contributed by atoms with Crippen molar-refractivity contribution in [2.24, 2.45) is 5.41 Å². The van der Waals surface area contributed by atoms with Gasteiger partial charge in [0.05, 0.1) is 0 Å². The molecule has 2 nitrogen and oxygen atoms in total. The summed E-state index contributed by atoms with van der Waals surface area (Å²) >= 11 is 0. The van der Waals surface area contributed by atoms with Crippen molar-refractivity contribution in [2.45, 2.75) is 65.9 Å². The zero-order valence-corrected chi connectivity index (χ0v) is 14.1. The summed E-state index contributed by atoms with van der Waals surface area (Å²) in [6.07, 6.45) is 3.76. The lowest BCUT2D eigenvalue weighted by molar-refractivity contribution is -0.0580. The molecule has 1 aliphatic rings. The number of carbonyl (C=O) groups excluding carboxylic acids is 1. The average molecular weight is 288 g/mol. The molecule has 0 bridgehead atoms. The molecule has 0 amide bonds. The van der Waals surface area contributed by atoms with Gasteiger partial charge in [0.15, 0.2) is 5.78 Å². The Morgan fingerprint density at radius 2 is 1.71 bits per heavy atom. The van der Waals surface area contributed by atoms with Crippen LogP contribution in [0.15, 0.2) is 18.2 Å². The molecular formula is C19H28O2. The van der Waals surface area contributed by atoms with Crippen LogP contribution >= 0.6 is 0 Å². The van der Waals surface area contributed by atoms with Gasteiger partial charge in [-0.1, -0.05) is 26.0 Å². The van der Waals surface area contributed by atoms with E-state index in [1.807, 2.05) is 25.1 Å². The van der Waals surface area contributed by atoms with Gasteiger partial charge >= 0.3 is 0 Å². The molecule has 0 aromatic heterocycles. The van der Waals surface area contributed by atoms with Gasteiger partial charge in [0.25, 0.3) is 0 Å². The fourth-order valence-electron chi connectivity index (χ4n) is 3.19. The zero-order valence-electron chi connectivity index (χ0n) is 14.1. The van der Waals surface area contributed by atoms with Crippen molar-refractivity contribution < 1.29 is 9.53 Å². The minimum Gasteiger partial charge on any atom is -0.367 e. The molecule has 0 aliphatic heterocycles. The van der Waals surface area contributed by atoms with Gasteiger partial charge in [-0.25, -0.2) is 0 Å². The van der Waals surface area contributed by atoms with Gasteiger partial charge in [0.1, 0.15) is 5.60 Å². The van der Waals surface area contributed by atoms with Crippen LogP contribution in [0.5, 0.6) is 0 Å². The summed E-state index contributed by atoms with van der Waals surface area (Å²) in [6.45, 7) is 11.3. The Morgan fingerprint density at radius 3 is 2.24 bits per heavy atom. The molecule has 0 saturated heterocycles. The molecule has 1 fully saturated rings. The van der Waals surface area contributed by atoms with Crippen LogP contribution < -0.4 is 0 Å². The molecule has 0 atom stereocenters. The summed E-state index contributed by atoms with van der Waals surface area (Å²) in [5, 5.41) is 0. The number of ketones is 1. The van der Waals surface area contributed by atoms with E-state index in [1.54, 1.807) is 0 Å². The third kappa shape index (κ3) is 3.37. The van der Waals surface area contributed by atoms with Crippen molar-refractivity contribution in [1.82, 2.24) is 0 Å². The highest BCUT2D eigenvalue weighted by molar-refractivity contribution is 6.02. The van der Waals surface area contributed by atoms with Crippen LogP contribution in [0.3, 0.4) is 0 Å². The third-order valence-corrected chi connectivity index (χ3v) is 5.01. The minimum atomic E-state index is -0.605. The molecular weight excluding hydrogens is 260 g/mol. The summed E-state index contributed by atoms with van der Waals surface area (Å²) in [6, 6.07) is 6.00. The fourth-order valence-corrected chi connectivity index (χ4v) is 3.19. The molecule has 1 aliphatic carbocycles. The maximum Gasteiger partial charge on any atom is 0.194 e. The van der Waals surface area contributed by atoms with Gasteiger partial charge in [-0.2, -0.15) is 0 Å². The van der Waals surface area contributed by atoms with E-state index in [1.165, 1.54) is 11.1 Å². The monoisotopic (exact) mass is 288 g/mol. The fraction of sp³-hybridized carbons (Fsp3) is 0.632. The molecule has 0 radical (unpaired) electrons. The molecule has 2 rings (SSSR count). The first-order valence-corrected chi connectivity index (χ1v) is 8.06. The Morgan fingerprint density at radius 1 is 1.10 bits per heavy atom. The molecule has 1 aromatic rings. The quantitative estimate of drug-likeness (QED) is 0.739. The van der Waals surface area contributed by atoms with Gasteiger partial charge in [0, 0.05) is 12.2 Å². The highest BCUT2D eigenvalue weighted by atomic mass is 16.5. The number of carbonyl (C=O) groups is 1. The smallest absolute Gasteiger partial charge is 0.194 e. The first-order valence-electron chi connectivity index (χ1n) is 8.06. The van der Waals surface area contributed by atoms with E-state index in [-0.39, 0.29) is 5.78 Å². The largest absolute Gasteiger partial charge is 0.367 e. The van der Waals surface area contributed by atoms with Crippen LogP contribution in [-0.4, -0.2) is 18.0 Å². The number of ether oxygens (including phenoxy) is 1. The SMILES string of the molecule is CCOC1(C(=O)c2ccc(C)c(C)c2)CCC(C)(C)CC1. The van der Waals surface area contributed by atoms with Gasteiger partial charge in [-0.15, -0.1) is 0 Å². The van der Waals surface area contributed by atoms with E-state index < -0.39 is 5.60 Å². The highest BCUT2D eigenvalue weighted by Gasteiger charge is 2.44. The second-order valence-electron chi connectivity index (χ2n) is 7.22. The maximum atomic E-state index is 13.1. The van der Waals surface area contributed by atoms with Crippen LogP contribution in [-0.2, 0) is 4.74 Å². The van der Waals surface area contributed by atoms with Crippen molar-refractivity contribution in [3.63, 3.8) is 0 Å². The number of hydrogen-bond acceptors (Lipinski definition) is 2. The Bertz CT molecular complexity index is 518. The molecule has 1 saturated carbocycles. The first kappa shape index (κ1) is 16.2. The maximum absolute atomic E-state index is 13.1. The summed E-state index contributed by atoms with van der Waals surface area (Å²) < 4.78 is 6.00. The second kappa shape index (κ2) is 5.92. The third-order valence-electron chi connectivity index (χ3n) is 5.01. The molecule has 0 spiro atoms. The molecule has 2 heteroatoms. The Labute approximate surface area is 128 Å². The number of benzene rings is 1. The zero-order chi connectivity index (χ0) is 15.7. The van der Waals surface area contributed by atoms with Gasteiger partial charge in [0.2, 0.25) is 0 Å². The van der Waals surface area contributed by atoms with Crippen LogP contribution in [0.25, 0.3) is 0 Å². The van der Waals surface area contributed by atoms with Crippen LogP contribution in [0.2, 0.25) is 0 Å². The topological polar surface area (TPSA) is 26.3 Å². The molecule has 0 heterocycles. The molecule has 21 heavy (non-hydrogen) atoms. The van der Waals surface area contributed by atoms with Gasteiger partial charge in [-0.05, 0) is 69.1 Å². The Balaban J connectivity index is 2.29. The van der Waals surface area contributed by atoms with Crippen LogP contribution in [0, 0.1) is 19.3 Å². The van der Waals surface area contributed by atoms with E-state index in [4.69, 9.17) is 4.74 Å². The average Bonchev–Trinajstić information content (AvgIpc) is 2.44. The first-order chi connectivity index (χ1) is 9.80. The number of aryl methyl sites for hydroxylation is 2. The Hall–Kier alpha value is -1.15. The standard InChI is InChI=1S/C19H28O2/c1-6-21-19(11-9-18(4,5)10-12-19)17(20)16-8-7-14(2)15(3)13-16/h7-8,13H,6,9-12H2,1-5H3. The highest BCUT2D eigenvalue weighted by Crippen LogP contribution is 2.43. The van der Waals surface area contributed by atoms with Crippen LogP contribution in [0.4, 0.5) is 0 Å². The van der Waals surface area contributed by atoms with Crippen molar-refractivity contribution in [3.8, 4) is 0 Å². The molecule has 0 N–H and O–H groups in total. The van der Waals surface area contributed by atoms with E-state index in [9.17, 15) is 4.79 Å². The minimum absolute atomic E-state index is 0.169. The lowest BCUT2D eigenvalue weighted by Gasteiger charge is -2.42. The lowest BCUT2D eigenvalue weighted by Crippen LogP contribution is -2.46. The number of rotatable bonds is 4. The molecule has 116 valence electrons. The van der Waals surface area contributed by atoms with E-state index >= 15 is 0 Å². The summed E-state index contributed by atoms with van der Waals surface area (Å²) in [4.78, 5) is 13.1. The van der Waals surface area contributed by atoms with Gasteiger partial charge < -0.3 is 4.74 Å². The lowest BCUT2D eigenvalue weighted by atomic mass is 9.68. The predicted octanol–water partition coefficient (Wildman–Crippen LogP) is 4.86. The number of Topliss-reactive ketones (excluding diaryl/α,β-unsaturated/α-hetero) is 1.